The number of hydrogen-bond donors (Lipinski definition) is 0. The minimum atomic E-state index is 0.372. The maximum atomic E-state index is 4.23. The molecule has 2 nitrogen and oxygen atoms in total. The van der Waals surface area contributed by atoms with Gasteiger partial charge in [0.2, 0.25) is 0 Å². The van der Waals surface area contributed by atoms with Crippen LogP contribution in [0.3, 0.4) is 0 Å². The molecule has 3 heteroatoms. The Morgan fingerprint density at radius 3 is 2.55 bits per heavy atom. The van der Waals surface area contributed by atoms with Gasteiger partial charge in [0.15, 0.2) is 0 Å². The highest BCUT2D eigenvalue weighted by molar-refractivity contribution is 7.20. The second-order valence-electron chi connectivity index (χ2n) is 2.22. The third-order valence-electron chi connectivity index (χ3n) is 1.48. The second kappa shape index (κ2) is 2.85. The summed E-state index contributed by atoms with van der Waals surface area (Å²) >= 11 is 0. The highest BCUT2D eigenvalue weighted by Crippen LogP contribution is 2.16. The van der Waals surface area contributed by atoms with Gasteiger partial charge in [0.05, 0.1) is 20.4 Å². The molecule has 0 aliphatic heterocycles. The SMILES string of the molecule is c1ccc(-c2cn[pH]n2)cc1. The smallest absolute Gasteiger partial charge is 0.0944 e. The van der Waals surface area contributed by atoms with E-state index in [1.54, 1.807) is 0 Å². The molecule has 1 aromatic carbocycles. The Hall–Kier alpha value is -1.14. The van der Waals surface area contributed by atoms with Crippen molar-refractivity contribution in [3.8, 4) is 11.3 Å². The highest BCUT2D eigenvalue weighted by Gasteiger charge is 1.95. The molecule has 0 amide bonds. The van der Waals surface area contributed by atoms with Crippen LogP contribution in [-0.4, -0.2) is 9.49 Å². The number of nitrogens with zero attached hydrogens (tertiary/aromatic N) is 2. The molecular formula is C8H7N2P. The molecule has 54 valence electrons. The van der Waals surface area contributed by atoms with Crippen LogP contribution in [0, 0.1) is 0 Å². The molecule has 2 rings (SSSR count). The monoisotopic (exact) mass is 162 g/mol. The Bertz CT molecular complexity index is 315. The molecule has 0 aliphatic carbocycles. The molecule has 0 spiro atoms. The van der Waals surface area contributed by atoms with Crippen LogP contribution in [0.4, 0.5) is 0 Å². The van der Waals surface area contributed by atoms with Gasteiger partial charge in [-0.15, -0.1) is 0 Å². The van der Waals surface area contributed by atoms with Crippen LogP contribution >= 0.6 is 8.51 Å². The van der Waals surface area contributed by atoms with E-state index in [4.69, 9.17) is 0 Å². The molecule has 1 aromatic heterocycles. The van der Waals surface area contributed by atoms with Crippen LogP contribution in [0.5, 0.6) is 0 Å². The zero-order valence-corrected chi connectivity index (χ0v) is 6.86. The van der Waals surface area contributed by atoms with Gasteiger partial charge in [-0.05, 0) is 0 Å². The molecule has 0 aliphatic rings. The van der Waals surface area contributed by atoms with E-state index in [2.05, 4.69) is 9.49 Å². The minimum Gasteiger partial charge on any atom is -0.227 e. The summed E-state index contributed by atoms with van der Waals surface area (Å²) in [4.78, 5) is 0. The Morgan fingerprint density at radius 1 is 1.09 bits per heavy atom. The standard InChI is InChI=1S/C8H7N2P/c1-2-4-7(5-3-1)8-6-9-11-10-8/h1-6,11H. The van der Waals surface area contributed by atoms with Crippen molar-refractivity contribution in [1.29, 1.82) is 0 Å². The van der Waals surface area contributed by atoms with Crippen molar-refractivity contribution in [3.63, 3.8) is 0 Å². The van der Waals surface area contributed by atoms with Crippen molar-refractivity contribution in [2.45, 2.75) is 0 Å². The largest absolute Gasteiger partial charge is 0.227 e. The molecular weight excluding hydrogens is 155 g/mol. The van der Waals surface area contributed by atoms with E-state index in [0.717, 1.165) is 11.3 Å². The predicted octanol–water partition coefficient (Wildman–Crippen LogP) is 2.17. The molecule has 2 aromatic rings. The van der Waals surface area contributed by atoms with Gasteiger partial charge in [0.1, 0.15) is 0 Å². The van der Waals surface area contributed by atoms with Crippen LogP contribution in [-0.2, 0) is 0 Å². The number of benzene rings is 1. The maximum absolute atomic E-state index is 4.23. The summed E-state index contributed by atoms with van der Waals surface area (Å²) in [6.45, 7) is 0. The van der Waals surface area contributed by atoms with E-state index in [1.165, 1.54) is 0 Å². The fourth-order valence-electron chi connectivity index (χ4n) is 0.950. The number of rotatable bonds is 1. The quantitative estimate of drug-likeness (QED) is 0.642. The Balaban J connectivity index is 2.46. The molecule has 1 unspecified atom stereocenters. The molecule has 0 radical (unpaired) electrons. The summed E-state index contributed by atoms with van der Waals surface area (Å²) in [6.07, 6.45) is 1.83. The van der Waals surface area contributed by atoms with E-state index in [1.807, 2.05) is 36.5 Å². The van der Waals surface area contributed by atoms with E-state index in [-0.39, 0.29) is 0 Å². The van der Waals surface area contributed by atoms with Gasteiger partial charge < -0.3 is 0 Å². The van der Waals surface area contributed by atoms with Gasteiger partial charge in [0.25, 0.3) is 0 Å². The molecule has 0 saturated carbocycles. The van der Waals surface area contributed by atoms with Crippen LogP contribution in [0.15, 0.2) is 36.5 Å². The molecule has 1 atom stereocenters. The van der Waals surface area contributed by atoms with Crippen molar-refractivity contribution >= 4 is 8.51 Å². The van der Waals surface area contributed by atoms with E-state index >= 15 is 0 Å². The third kappa shape index (κ3) is 1.31. The summed E-state index contributed by atoms with van der Waals surface area (Å²) in [6, 6.07) is 10.1. The lowest BCUT2D eigenvalue weighted by atomic mass is 10.2. The van der Waals surface area contributed by atoms with Crippen LogP contribution < -0.4 is 0 Å². The predicted molar refractivity (Wildman–Crippen MR) is 47.0 cm³/mol. The summed E-state index contributed by atoms with van der Waals surface area (Å²) in [5.74, 6) is 0. The van der Waals surface area contributed by atoms with Crippen molar-refractivity contribution in [2.75, 3.05) is 0 Å². The van der Waals surface area contributed by atoms with E-state index in [9.17, 15) is 0 Å². The lowest BCUT2D eigenvalue weighted by Crippen LogP contribution is -1.72. The molecule has 0 bridgehead atoms. The number of hydrogen-bond acceptors (Lipinski definition) is 2. The van der Waals surface area contributed by atoms with Gasteiger partial charge in [-0.1, -0.05) is 30.3 Å². The summed E-state index contributed by atoms with van der Waals surface area (Å²) < 4.78 is 8.27. The molecule has 0 saturated heterocycles. The first kappa shape index (κ1) is 6.56. The first-order valence-electron chi connectivity index (χ1n) is 3.38. The van der Waals surface area contributed by atoms with Gasteiger partial charge in [-0.25, -0.2) is 9.49 Å². The van der Waals surface area contributed by atoms with Gasteiger partial charge in [-0.2, -0.15) is 0 Å². The maximum Gasteiger partial charge on any atom is 0.0944 e. The zero-order valence-electron chi connectivity index (χ0n) is 5.86. The average Bonchev–Trinajstić information content (AvgIpc) is 2.58. The molecule has 11 heavy (non-hydrogen) atoms. The van der Waals surface area contributed by atoms with E-state index < -0.39 is 0 Å². The van der Waals surface area contributed by atoms with Crippen molar-refractivity contribution < 1.29 is 0 Å². The normalized spacial score (nSPS) is 10.5. The first-order valence-corrected chi connectivity index (χ1v) is 4.27. The van der Waals surface area contributed by atoms with Crippen LogP contribution in [0.25, 0.3) is 11.3 Å². The summed E-state index contributed by atoms with van der Waals surface area (Å²) in [7, 11) is 0.372. The third-order valence-corrected chi connectivity index (χ3v) is 2.07. The lowest BCUT2D eigenvalue weighted by Gasteiger charge is -1.91. The topological polar surface area (TPSA) is 25.8 Å². The summed E-state index contributed by atoms with van der Waals surface area (Å²) in [5.41, 5.74) is 2.16. The minimum absolute atomic E-state index is 0.372. The summed E-state index contributed by atoms with van der Waals surface area (Å²) in [5, 5.41) is 0. The fourth-order valence-corrected chi connectivity index (χ4v) is 1.48. The Labute approximate surface area is 66.5 Å². The van der Waals surface area contributed by atoms with E-state index in [0.29, 0.717) is 8.51 Å². The van der Waals surface area contributed by atoms with Gasteiger partial charge in [-0.3, -0.25) is 0 Å². The fraction of sp³-hybridized carbons (Fsp3) is 0. The van der Waals surface area contributed by atoms with Crippen LogP contribution in [0.2, 0.25) is 0 Å². The zero-order chi connectivity index (χ0) is 7.52. The second-order valence-corrected chi connectivity index (χ2v) is 2.90. The van der Waals surface area contributed by atoms with Gasteiger partial charge in [0, 0.05) is 5.56 Å². The lowest BCUT2D eigenvalue weighted by molar-refractivity contribution is 1.49. The average molecular weight is 162 g/mol. The van der Waals surface area contributed by atoms with Crippen molar-refractivity contribution in [1.82, 2.24) is 9.49 Å². The first-order chi connectivity index (χ1) is 5.47. The van der Waals surface area contributed by atoms with Crippen molar-refractivity contribution in [2.24, 2.45) is 0 Å². The Morgan fingerprint density at radius 2 is 1.91 bits per heavy atom. The number of aromatic nitrogens is 2. The molecule has 0 N–H and O–H groups in total. The Kier molecular flexibility index (Phi) is 1.70. The molecule has 0 fully saturated rings. The van der Waals surface area contributed by atoms with Gasteiger partial charge >= 0.3 is 0 Å². The van der Waals surface area contributed by atoms with Crippen LogP contribution in [0.1, 0.15) is 0 Å². The molecule has 1 heterocycles. The van der Waals surface area contributed by atoms with Crippen molar-refractivity contribution in [3.05, 3.63) is 36.5 Å². The highest BCUT2D eigenvalue weighted by atomic mass is 31.1.